The third kappa shape index (κ3) is 5.06. The zero-order valence-corrected chi connectivity index (χ0v) is 25.0. The summed E-state index contributed by atoms with van der Waals surface area (Å²) in [6.45, 7) is 5.80. The van der Waals surface area contributed by atoms with Crippen molar-refractivity contribution in [2.75, 3.05) is 38.7 Å². The normalized spacial score (nSPS) is 19.6. The van der Waals surface area contributed by atoms with E-state index in [4.69, 9.17) is 14.5 Å². The van der Waals surface area contributed by atoms with Crippen LogP contribution in [0.25, 0.3) is 27.7 Å². The van der Waals surface area contributed by atoms with Crippen LogP contribution >= 0.6 is 0 Å². The lowest BCUT2D eigenvalue weighted by atomic mass is 9.84. The molecule has 1 saturated heterocycles. The number of morpholine rings is 1. The van der Waals surface area contributed by atoms with Gasteiger partial charge in [-0.25, -0.2) is 4.98 Å². The Bertz CT molecular complexity index is 1790. The van der Waals surface area contributed by atoms with Crippen molar-refractivity contribution in [1.29, 1.82) is 0 Å². The first-order valence-electron chi connectivity index (χ1n) is 15.2. The molecule has 1 saturated carbocycles. The number of aryl methyl sites for hydroxylation is 2. The molecule has 2 fully saturated rings. The molecule has 7 rings (SSSR count). The molecule has 0 unspecified atom stereocenters. The van der Waals surface area contributed by atoms with Crippen molar-refractivity contribution in [2.45, 2.75) is 44.6 Å². The minimum atomic E-state index is -0.188. The molecule has 1 aliphatic heterocycles. The largest absolute Gasteiger partial charge is 0.495 e. The number of amides is 1. The Morgan fingerprint density at radius 2 is 1.84 bits per heavy atom. The van der Waals surface area contributed by atoms with E-state index in [0.717, 1.165) is 78.3 Å². The second-order valence-corrected chi connectivity index (χ2v) is 11.7. The Labute approximate surface area is 251 Å². The minimum Gasteiger partial charge on any atom is -0.495 e. The molecule has 0 bridgehead atoms. The van der Waals surface area contributed by atoms with Gasteiger partial charge in [0, 0.05) is 61.0 Å². The Kier molecular flexibility index (Phi) is 7.36. The number of aromatic nitrogens is 4. The number of nitrogens with one attached hydrogen (secondary N) is 1. The summed E-state index contributed by atoms with van der Waals surface area (Å²) in [4.78, 5) is 25.8. The molecule has 3 aromatic heterocycles. The third-order valence-electron chi connectivity index (χ3n) is 9.30. The molecule has 4 heterocycles. The highest BCUT2D eigenvalue weighted by Gasteiger charge is 2.31. The van der Waals surface area contributed by atoms with Crippen molar-refractivity contribution < 1.29 is 14.3 Å². The number of nitrogens with zero attached hydrogens (tertiary/aromatic N) is 5. The third-order valence-corrected chi connectivity index (χ3v) is 9.30. The molecule has 9 nitrogen and oxygen atoms in total. The van der Waals surface area contributed by atoms with Gasteiger partial charge >= 0.3 is 0 Å². The van der Waals surface area contributed by atoms with E-state index in [1.54, 1.807) is 7.11 Å². The van der Waals surface area contributed by atoms with Crippen molar-refractivity contribution in [3.05, 3.63) is 78.1 Å². The highest BCUT2D eigenvalue weighted by Crippen LogP contribution is 2.39. The van der Waals surface area contributed by atoms with Gasteiger partial charge in [-0.05, 0) is 56.9 Å². The summed E-state index contributed by atoms with van der Waals surface area (Å²) in [6.07, 6.45) is 8.49. The molecule has 0 spiro atoms. The summed E-state index contributed by atoms with van der Waals surface area (Å²) in [6, 6.07) is 16.4. The predicted molar refractivity (Wildman–Crippen MR) is 168 cm³/mol. The van der Waals surface area contributed by atoms with E-state index >= 15 is 0 Å². The lowest BCUT2D eigenvalue weighted by Crippen LogP contribution is -2.44. The molecular weight excluding hydrogens is 540 g/mol. The van der Waals surface area contributed by atoms with Gasteiger partial charge < -0.3 is 19.4 Å². The number of rotatable bonds is 6. The summed E-state index contributed by atoms with van der Waals surface area (Å²) >= 11 is 0. The summed E-state index contributed by atoms with van der Waals surface area (Å²) in [5.74, 6) is 1.89. The van der Waals surface area contributed by atoms with Gasteiger partial charge in [-0.15, -0.1) is 0 Å². The zero-order chi connectivity index (χ0) is 29.5. The van der Waals surface area contributed by atoms with E-state index in [1.165, 1.54) is 12.8 Å². The van der Waals surface area contributed by atoms with E-state index in [2.05, 4.69) is 19.6 Å². The fourth-order valence-electron chi connectivity index (χ4n) is 6.99. The van der Waals surface area contributed by atoms with Gasteiger partial charge in [-0.1, -0.05) is 24.3 Å². The van der Waals surface area contributed by atoms with Gasteiger partial charge in [0.05, 0.1) is 42.9 Å². The molecule has 43 heavy (non-hydrogen) atoms. The van der Waals surface area contributed by atoms with Gasteiger partial charge in [0.15, 0.2) is 0 Å². The Hall–Kier alpha value is -4.21. The van der Waals surface area contributed by atoms with Crippen molar-refractivity contribution in [2.24, 2.45) is 7.05 Å². The maximum Gasteiger partial charge on any atom is 0.272 e. The van der Waals surface area contributed by atoms with Crippen LogP contribution in [0.5, 0.6) is 5.75 Å². The molecule has 1 amide bonds. The molecule has 2 aromatic carbocycles. The Morgan fingerprint density at radius 1 is 1.05 bits per heavy atom. The Balaban J connectivity index is 1.17. The summed E-state index contributed by atoms with van der Waals surface area (Å²) < 4.78 is 15.5. The van der Waals surface area contributed by atoms with Gasteiger partial charge in [0.2, 0.25) is 0 Å². The fourth-order valence-corrected chi connectivity index (χ4v) is 6.99. The first kappa shape index (κ1) is 27.6. The number of imidazole rings is 1. The van der Waals surface area contributed by atoms with Crippen LogP contribution in [0.1, 0.15) is 53.6 Å². The molecule has 2 aliphatic rings. The van der Waals surface area contributed by atoms with Gasteiger partial charge in [0.1, 0.15) is 17.3 Å². The average molecular weight is 579 g/mol. The quantitative estimate of drug-likeness (QED) is 0.274. The summed E-state index contributed by atoms with van der Waals surface area (Å²) in [5, 5.41) is 4.09. The van der Waals surface area contributed by atoms with Crippen LogP contribution in [-0.4, -0.2) is 69.2 Å². The van der Waals surface area contributed by atoms with E-state index in [1.807, 2.05) is 79.5 Å². The average Bonchev–Trinajstić information content (AvgIpc) is 3.61. The SMILES string of the molecule is COc1cc(-c2nc([C@H]3CC[C@H](N4CCOCC4)CC3)n3ccnc(C)c23)ccc1NC(=O)c1cc2ccccc2n1C. The zero-order valence-electron chi connectivity index (χ0n) is 25.0. The van der Waals surface area contributed by atoms with E-state index in [9.17, 15) is 4.79 Å². The number of para-hydroxylation sites is 1. The first-order chi connectivity index (χ1) is 21.0. The summed E-state index contributed by atoms with van der Waals surface area (Å²) in [5.41, 5.74) is 5.98. The monoisotopic (exact) mass is 578 g/mol. The van der Waals surface area contributed by atoms with Crippen LogP contribution in [-0.2, 0) is 11.8 Å². The fraction of sp³-hybridized carbons (Fsp3) is 0.382. The molecular formula is C34H38N6O3. The number of fused-ring (bicyclic) bond motifs is 2. The van der Waals surface area contributed by atoms with Crippen molar-refractivity contribution in [1.82, 2.24) is 23.8 Å². The van der Waals surface area contributed by atoms with Crippen molar-refractivity contribution >= 4 is 28.0 Å². The first-order valence-corrected chi connectivity index (χ1v) is 15.2. The smallest absolute Gasteiger partial charge is 0.272 e. The number of hydrogen-bond donors (Lipinski definition) is 1. The molecule has 0 atom stereocenters. The lowest BCUT2D eigenvalue weighted by molar-refractivity contribution is 0.00710. The van der Waals surface area contributed by atoms with Crippen molar-refractivity contribution in [3.63, 3.8) is 0 Å². The number of ether oxygens (including phenoxy) is 2. The number of carbonyl (C=O) groups is 1. The van der Waals surface area contributed by atoms with Crippen LogP contribution < -0.4 is 10.1 Å². The number of anilines is 1. The van der Waals surface area contributed by atoms with E-state index < -0.39 is 0 Å². The molecule has 1 aliphatic carbocycles. The van der Waals surface area contributed by atoms with Crippen LogP contribution in [0.4, 0.5) is 5.69 Å². The molecule has 9 heteroatoms. The number of carbonyl (C=O) groups excluding carboxylic acids is 1. The highest BCUT2D eigenvalue weighted by molar-refractivity contribution is 6.07. The maximum atomic E-state index is 13.3. The number of hydrogen-bond acceptors (Lipinski definition) is 6. The topological polar surface area (TPSA) is 85.9 Å². The van der Waals surface area contributed by atoms with Crippen molar-refractivity contribution in [3.8, 4) is 17.0 Å². The molecule has 1 N–H and O–H groups in total. The number of methoxy groups -OCH3 is 1. The number of benzene rings is 2. The van der Waals surface area contributed by atoms with Gasteiger partial charge in [-0.3, -0.25) is 19.1 Å². The van der Waals surface area contributed by atoms with Crippen LogP contribution in [0.15, 0.2) is 60.9 Å². The second kappa shape index (κ2) is 11.5. The highest BCUT2D eigenvalue weighted by atomic mass is 16.5. The van der Waals surface area contributed by atoms with Crippen LogP contribution in [0.2, 0.25) is 0 Å². The minimum absolute atomic E-state index is 0.188. The summed E-state index contributed by atoms with van der Waals surface area (Å²) in [7, 11) is 3.53. The standard InChI is InChI=1S/C34H38N6O3/c1-22-32-31(37-33(40(32)15-14-35-22)23-8-11-26(12-9-23)39-16-18-43-19-17-39)25-10-13-27(30(21-25)42-3)36-34(41)29-20-24-6-4-5-7-28(24)38(29)2/h4-7,10,13-15,20-21,23,26H,8-9,11-12,16-19H2,1-3H3,(H,36,41)/t23-,26-. The molecule has 5 aromatic rings. The molecule has 0 radical (unpaired) electrons. The van der Waals surface area contributed by atoms with E-state index in [0.29, 0.717) is 29.1 Å². The second-order valence-electron chi connectivity index (χ2n) is 11.7. The maximum absolute atomic E-state index is 13.3. The molecule has 222 valence electrons. The van der Waals surface area contributed by atoms with Crippen LogP contribution in [0, 0.1) is 6.92 Å². The van der Waals surface area contributed by atoms with Gasteiger partial charge in [0.25, 0.3) is 5.91 Å². The van der Waals surface area contributed by atoms with E-state index in [-0.39, 0.29) is 5.91 Å². The Morgan fingerprint density at radius 3 is 2.60 bits per heavy atom. The lowest BCUT2D eigenvalue weighted by Gasteiger charge is -2.38. The predicted octanol–water partition coefficient (Wildman–Crippen LogP) is 5.82. The van der Waals surface area contributed by atoms with Crippen LogP contribution in [0.3, 0.4) is 0 Å². The van der Waals surface area contributed by atoms with Gasteiger partial charge in [-0.2, -0.15) is 0 Å².